The molecule has 336 valence electrons. The van der Waals surface area contributed by atoms with Crippen molar-refractivity contribution >= 4 is 80.7 Å². The molecule has 22 heteroatoms. The summed E-state index contributed by atoms with van der Waals surface area (Å²) in [5, 5.41) is 10.2. The van der Waals surface area contributed by atoms with Gasteiger partial charge in [-0.3, -0.25) is 0 Å². The minimum absolute atomic E-state index is 0. The van der Waals surface area contributed by atoms with Gasteiger partial charge >= 0.3 is 41.5 Å². The Labute approximate surface area is 409 Å². The van der Waals surface area contributed by atoms with E-state index >= 15 is 0 Å². The van der Waals surface area contributed by atoms with E-state index in [1.54, 1.807) is 51.5 Å². The molecule has 4 aromatic heterocycles. The van der Waals surface area contributed by atoms with E-state index in [0.717, 1.165) is 22.5 Å². The van der Waals surface area contributed by atoms with Crippen LogP contribution >= 0.6 is 46.4 Å². The van der Waals surface area contributed by atoms with Gasteiger partial charge in [-0.25, -0.2) is 50.4 Å². The fourth-order valence-corrected chi connectivity index (χ4v) is 9.34. The number of halogens is 8. The van der Waals surface area contributed by atoms with E-state index in [1.165, 1.54) is 26.6 Å². The van der Waals surface area contributed by atoms with Gasteiger partial charge in [0.05, 0.1) is 65.8 Å². The van der Waals surface area contributed by atoms with Crippen molar-refractivity contribution < 1.29 is 74.9 Å². The molecule has 6 aromatic rings. The van der Waals surface area contributed by atoms with Crippen LogP contribution in [0.5, 0.6) is 0 Å². The summed E-state index contributed by atoms with van der Waals surface area (Å²) >= 11 is 22.5. The molecule has 2 fully saturated rings. The van der Waals surface area contributed by atoms with Crippen molar-refractivity contribution in [2.24, 2.45) is 0 Å². The van der Waals surface area contributed by atoms with Gasteiger partial charge in [-0.1, -0.05) is 46.4 Å². The summed E-state index contributed by atoms with van der Waals surface area (Å²) in [5.74, 6) is -6.55. The molecule has 2 aliphatic rings. The number of alkyl halides is 4. The topological polar surface area (TPSA) is 150 Å². The van der Waals surface area contributed by atoms with Gasteiger partial charge in [0.25, 0.3) is 0 Å². The molecule has 2 aliphatic carbocycles. The zero-order chi connectivity index (χ0) is 46.0. The second kappa shape index (κ2) is 21.5. The number of imidazole rings is 2. The quantitative estimate of drug-likeness (QED) is 0.0744. The Morgan fingerprint density at radius 3 is 1.64 bits per heavy atom. The summed E-state index contributed by atoms with van der Waals surface area (Å²) < 4.78 is 84.3. The molecule has 0 spiro atoms. The van der Waals surface area contributed by atoms with Crippen molar-refractivity contribution in [2.75, 3.05) is 14.2 Å². The molecular formula is C42H40Cl4F4N6NaO6S+. The van der Waals surface area contributed by atoms with Crippen molar-refractivity contribution in [3.05, 3.63) is 103 Å². The number of rotatable bonds is 6. The molecule has 2 saturated carbocycles. The molecule has 1 N–H and O–H groups in total. The van der Waals surface area contributed by atoms with Crippen LogP contribution in [0, 0.1) is 13.8 Å². The van der Waals surface area contributed by atoms with E-state index < -0.39 is 40.1 Å². The molecule has 4 heterocycles. The third-order valence-corrected chi connectivity index (χ3v) is 12.6. The van der Waals surface area contributed by atoms with Gasteiger partial charge in [-0.2, -0.15) is 10.2 Å². The summed E-state index contributed by atoms with van der Waals surface area (Å²) in [6, 6.07) is 12.0. The number of esters is 2. The Balaban J connectivity index is 0.000000198. The number of aromatic nitrogens is 6. The van der Waals surface area contributed by atoms with Gasteiger partial charge in [-0.05, 0) is 87.9 Å². The predicted octanol–water partition coefficient (Wildman–Crippen LogP) is 8.68. The van der Waals surface area contributed by atoms with Gasteiger partial charge in [0.2, 0.25) is 11.8 Å². The van der Waals surface area contributed by atoms with Crippen LogP contribution in [0.2, 0.25) is 20.1 Å². The SMILES string of the molecule is COC(=O)c1cnn2c(-c3cc(Cl)cc(Cl)c3)c(C)nc2c1.COC(=O)c1cnn2c(-c3cc(Cl)cc(Cl)c3)c(C)nc2c1C1CCC(F)(F)CC1.O=S(O)C1CCC(F)(F)CC1.[Na+]. The zero-order valence-corrected chi connectivity index (χ0v) is 41.0. The first kappa shape index (κ1) is 51.6. The van der Waals surface area contributed by atoms with Crippen molar-refractivity contribution in [3.63, 3.8) is 0 Å². The van der Waals surface area contributed by atoms with E-state index in [2.05, 4.69) is 24.9 Å². The van der Waals surface area contributed by atoms with Crippen molar-refractivity contribution in [3.8, 4) is 22.5 Å². The number of aryl methyl sites for hydroxylation is 2. The molecule has 12 nitrogen and oxygen atoms in total. The van der Waals surface area contributed by atoms with E-state index in [4.69, 9.17) is 55.7 Å². The summed E-state index contributed by atoms with van der Waals surface area (Å²) in [5.41, 5.74) is 6.58. The molecule has 0 amide bonds. The smallest absolute Gasteiger partial charge is 0.465 e. The molecule has 2 aromatic carbocycles. The number of methoxy groups -OCH3 is 2. The predicted molar refractivity (Wildman–Crippen MR) is 233 cm³/mol. The normalized spacial score (nSPS) is 16.5. The first-order valence-electron chi connectivity index (χ1n) is 19.4. The Hall–Kier alpha value is -3.39. The van der Waals surface area contributed by atoms with Crippen LogP contribution in [-0.2, 0) is 20.6 Å². The second-order valence-electron chi connectivity index (χ2n) is 15.1. The number of hydrogen-bond acceptors (Lipinski definition) is 9. The molecule has 0 aliphatic heterocycles. The third-order valence-electron chi connectivity index (χ3n) is 10.7. The van der Waals surface area contributed by atoms with E-state index in [0.29, 0.717) is 53.9 Å². The number of fused-ring (bicyclic) bond motifs is 2. The zero-order valence-electron chi connectivity index (χ0n) is 35.1. The van der Waals surface area contributed by atoms with Gasteiger partial charge in [0.1, 0.15) is 0 Å². The van der Waals surface area contributed by atoms with Crippen LogP contribution in [-0.4, -0.2) is 81.2 Å². The number of benzene rings is 2. The van der Waals surface area contributed by atoms with Gasteiger partial charge in [-0.15, -0.1) is 0 Å². The Morgan fingerprint density at radius 1 is 0.703 bits per heavy atom. The molecule has 0 radical (unpaired) electrons. The fourth-order valence-electron chi connectivity index (χ4n) is 7.65. The fraction of sp³-hybridized carbons (Fsp3) is 0.381. The minimum Gasteiger partial charge on any atom is -0.465 e. The number of hydrogen-bond donors (Lipinski definition) is 1. The van der Waals surface area contributed by atoms with Crippen LogP contribution in [0.4, 0.5) is 17.6 Å². The monoisotopic (exact) mass is 995 g/mol. The van der Waals surface area contributed by atoms with E-state index in [1.807, 2.05) is 13.8 Å². The third kappa shape index (κ3) is 12.1. The Morgan fingerprint density at radius 2 is 1.16 bits per heavy atom. The Kier molecular flexibility index (Phi) is 17.3. The van der Waals surface area contributed by atoms with Gasteiger partial charge in [0, 0.05) is 62.5 Å². The first-order valence-corrected chi connectivity index (χ1v) is 22.1. The number of carbonyl (C=O) groups excluding carboxylic acids is 2. The number of ether oxygens (including phenoxy) is 2. The molecule has 1 unspecified atom stereocenters. The number of carbonyl (C=O) groups is 2. The second-order valence-corrected chi connectivity index (χ2v) is 18.0. The average Bonchev–Trinajstić information content (AvgIpc) is 3.74. The molecule has 1 atom stereocenters. The maximum Gasteiger partial charge on any atom is 1.00 e. The summed E-state index contributed by atoms with van der Waals surface area (Å²) in [4.78, 5) is 33.1. The minimum atomic E-state index is -2.68. The van der Waals surface area contributed by atoms with Gasteiger partial charge < -0.3 is 14.0 Å². The molecular weight excluding hydrogens is 957 g/mol. The maximum absolute atomic E-state index is 13.7. The largest absolute Gasteiger partial charge is 1.00 e. The van der Waals surface area contributed by atoms with E-state index in [9.17, 15) is 31.4 Å². The van der Waals surface area contributed by atoms with Crippen molar-refractivity contribution in [1.29, 1.82) is 0 Å². The summed E-state index contributed by atoms with van der Waals surface area (Å²) in [7, 11) is 2.60. The molecule has 64 heavy (non-hydrogen) atoms. The van der Waals surface area contributed by atoms with E-state index in [-0.39, 0.29) is 92.4 Å². The summed E-state index contributed by atoms with van der Waals surface area (Å²) in [6.45, 7) is 3.67. The first-order chi connectivity index (χ1) is 29.7. The molecule has 0 bridgehead atoms. The van der Waals surface area contributed by atoms with Crippen LogP contribution in [0.3, 0.4) is 0 Å². The average molecular weight is 998 g/mol. The Bertz CT molecular complexity index is 2670. The van der Waals surface area contributed by atoms with Crippen LogP contribution in [0.15, 0.2) is 54.9 Å². The summed E-state index contributed by atoms with van der Waals surface area (Å²) in [6.07, 6.45) is 2.72. The standard InChI is InChI=1S/C21H19Cl2F2N3O2.C15H11Cl2N3O2.C6H10F2O2S.Na/c1-11-18(13-7-14(22)9-15(23)8-13)28-19(27-11)17(16(10-26-28)20(29)30-2)12-3-5-21(24,25)6-4-12;1-8-14(9-3-11(16)6-12(17)4-9)20-13(19-8)5-10(7-18-20)15(21)22-2;7-6(8)3-1-5(2-4-6)11(9)10;/h7-10,12H,3-6H2,1-2H3;3-7H,1-2H3;5H,1-4H2,(H,9,10);/q;;;+1. The maximum atomic E-state index is 13.7. The number of nitrogens with zero attached hydrogens (tertiary/aromatic N) is 6. The van der Waals surface area contributed by atoms with Crippen LogP contribution in [0.1, 0.15) is 95.0 Å². The molecule has 8 rings (SSSR count). The van der Waals surface area contributed by atoms with Crippen molar-refractivity contribution in [2.45, 2.75) is 88.2 Å². The molecule has 0 saturated heterocycles. The van der Waals surface area contributed by atoms with Crippen LogP contribution in [0.25, 0.3) is 33.8 Å². The van der Waals surface area contributed by atoms with Gasteiger partial charge in [0.15, 0.2) is 22.4 Å². The van der Waals surface area contributed by atoms with Crippen LogP contribution < -0.4 is 29.6 Å². The van der Waals surface area contributed by atoms with Crippen molar-refractivity contribution in [1.82, 2.24) is 29.2 Å².